The van der Waals surface area contributed by atoms with Crippen LogP contribution in [0.1, 0.15) is 36.3 Å². The van der Waals surface area contributed by atoms with Crippen LogP contribution in [0.25, 0.3) is 16.7 Å². The van der Waals surface area contributed by atoms with E-state index in [-0.39, 0.29) is 12.1 Å². The number of fused-ring (bicyclic) bond motifs is 1. The Hall–Kier alpha value is -3.60. The van der Waals surface area contributed by atoms with Gasteiger partial charge in [-0.25, -0.2) is 9.78 Å². The second kappa shape index (κ2) is 8.98. The number of nitrogens with one attached hydrogen (secondary N) is 1. The number of rotatable bonds is 5. The molecule has 1 aliphatic heterocycles. The summed E-state index contributed by atoms with van der Waals surface area (Å²) < 4.78 is 2.16. The van der Waals surface area contributed by atoms with Gasteiger partial charge in [0.1, 0.15) is 6.33 Å². The van der Waals surface area contributed by atoms with E-state index < -0.39 is 0 Å². The molecule has 2 fully saturated rings. The number of para-hydroxylation sites is 2. The molecule has 1 aliphatic carbocycles. The molecule has 0 bridgehead atoms. The van der Waals surface area contributed by atoms with Gasteiger partial charge in [0.15, 0.2) is 0 Å². The van der Waals surface area contributed by atoms with Gasteiger partial charge in [0.25, 0.3) is 0 Å². The number of hydrogen-bond acceptors (Lipinski definition) is 2. The molecule has 2 amide bonds. The van der Waals surface area contributed by atoms with Crippen LogP contribution < -0.4 is 5.32 Å². The summed E-state index contributed by atoms with van der Waals surface area (Å²) in [5, 5.41) is 3.25. The smallest absolute Gasteiger partial charge is 0.317 e. The van der Waals surface area contributed by atoms with Crippen molar-refractivity contribution >= 4 is 17.1 Å². The van der Waals surface area contributed by atoms with E-state index in [0.717, 1.165) is 55.5 Å². The second-order valence-electron chi connectivity index (χ2n) is 9.72. The third kappa shape index (κ3) is 4.30. The number of aromatic nitrogens is 2. The van der Waals surface area contributed by atoms with Crippen molar-refractivity contribution in [3.63, 3.8) is 0 Å². The van der Waals surface area contributed by atoms with Gasteiger partial charge in [0.2, 0.25) is 0 Å². The molecule has 5 nitrogen and oxygen atoms in total. The van der Waals surface area contributed by atoms with Gasteiger partial charge >= 0.3 is 6.03 Å². The Morgan fingerprint density at radius 2 is 1.74 bits per heavy atom. The van der Waals surface area contributed by atoms with E-state index in [9.17, 15) is 4.79 Å². The van der Waals surface area contributed by atoms with Gasteiger partial charge in [0.05, 0.1) is 11.0 Å². The minimum atomic E-state index is 0.107. The average Bonchev–Trinajstić information content (AvgIpc) is 3.51. The molecule has 6 rings (SSSR count). The third-order valence-electron chi connectivity index (χ3n) is 7.40. The van der Waals surface area contributed by atoms with Crippen molar-refractivity contribution in [1.82, 2.24) is 19.8 Å². The summed E-state index contributed by atoms with van der Waals surface area (Å²) in [6, 6.07) is 27.9. The van der Waals surface area contributed by atoms with E-state index in [1.807, 2.05) is 29.4 Å². The van der Waals surface area contributed by atoms with E-state index >= 15 is 0 Å². The number of carbonyl (C=O) groups is 1. The Labute approximate surface area is 200 Å². The van der Waals surface area contributed by atoms with Crippen molar-refractivity contribution in [3.8, 4) is 5.69 Å². The highest BCUT2D eigenvalue weighted by atomic mass is 16.2. The lowest BCUT2D eigenvalue weighted by molar-refractivity contribution is 0.170. The van der Waals surface area contributed by atoms with Crippen molar-refractivity contribution in [2.75, 3.05) is 13.1 Å². The lowest BCUT2D eigenvalue weighted by atomic mass is 9.90. The van der Waals surface area contributed by atoms with Crippen LogP contribution >= 0.6 is 0 Å². The van der Waals surface area contributed by atoms with Crippen LogP contribution in [0.15, 0.2) is 85.2 Å². The van der Waals surface area contributed by atoms with Crippen LogP contribution in [0.2, 0.25) is 0 Å². The summed E-state index contributed by atoms with van der Waals surface area (Å²) >= 11 is 0. The molecule has 2 aliphatic rings. The zero-order chi connectivity index (χ0) is 22.9. The Morgan fingerprint density at radius 1 is 0.941 bits per heavy atom. The van der Waals surface area contributed by atoms with Crippen molar-refractivity contribution in [2.24, 2.45) is 5.92 Å². The fraction of sp³-hybridized carbons (Fsp3) is 0.310. The first-order chi connectivity index (χ1) is 16.7. The third-order valence-corrected chi connectivity index (χ3v) is 7.40. The molecule has 1 aromatic heterocycles. The normalized spacial score (nSPS) is 20.4. The molecule has 1 N–H and O–H groups in total. The summed E-state index contributed by atoms with van der Waals surface area (Å²) in [5.74, 6) is 1.08. The minimum Gasteiger partial charge on any atom is -0.335 e. The summed E-state index contributed by atoms with van der Waals surface area (Å²) in [6.07, 6.45) is 6.11. The SMILES string of the molecule is O=C(NC1CC1c1ccccc1)N1CCC(Cc2cccc(-n3cnc4ccccc43)c2)CC1. The number of hydrogen-bond donors (Lipinski definition) is 1. The molecule has 0 spiro atoms. The zero-order valence-corrected chi connectivity index (χ0v) is 19.3. The maximum absolute atomic E-state index is 12.8. The molecule has 34 heavy (non-hydrogen) atoms. The summed E-state index contributed by atoms with van der Waals surface area (Å²) in [5.41, 5.74) is 5.98. The lowest BCUT2D eigenvalue weighted by Crippen LogP contribution is -2.45. The van der Waals surface area contributed by atoms with E-state index in [1.54, 1.807) is 0 Å². The molecule has 2 atom stereocenters. The van der Waals surface area contributed by atoms with Gasteiger partial charge < -0.3 is 10.2 Å². The van der Waals surface area contributed by atoms with Gasteiger partial charge in [-0.15, -0.1) is 0 Å². The van der Waals surface area contributed by atoms with Crippen LogP contribution in [0.3, 0.4) is 0 Å². The van der Waals surface area contributed by atoms with Crippen LogP contribution in [0.5, 0.6) is 0 Å². The first-order valence-corrected chi connectivity index (χ1v) is 12.4. The molecule has 2 heterocycles. The van der Waals surface area contributed by atoms with Crippen LogP contribution in [-0.4, -0.2) is 39.6 Å². The van der Waals surface area contributed by atoms with E-state index in [2.05, 4.69) is 75.5 Å². The van der Waals surface area contributed by atoms with Crippen LogP contribution in [0.4, 0.5) is 4.79 Å². The lowest BCUT2D eigenvalue weighted by Gasteiger charge is -2.32. The van der Waals surface area contributed by atoms with Crippen molar-refractivity contribution in [3.05, 3.63) is 96.3 Å². The molecule has 1 saturated heterocycles. The van der Waals surface area contributed by atoms with Gasteiger partial charge in [0, 0.05) is 30.7 Å². The molecular formula is C29H30N4O. The molecule has 2 unspecified atom stereocenters. The van der Waals surface area contributed by atoms with E-state index in [4.69, 9.17) is 0 Å². The molecule has 172 valence electrons. The van der Waals surface area contributed by atoms with E-state index in [1.165, 1.54) is 11.1 Å². The Kier molecular flexibility index (Phi) is 5.54. The zero-order valence-electron chi connectivity index (χ0n) is 19.3. The summed E-state index contributed by atoms with van der Waals surface area (Å²) in [6.45, 7) is 1.68. The van der Waals surface area contributed by atoms with Crippen LogP contribution in [-0.2, 0) is 6.42 Å². The first-order valence-electron chi connectivity index (χ1n) is 12.4. The summed E-state index contributed by atoms with van der Waals surface area (Å²) in [4.78, 5) is 19.3. The molecule has 5 heteroatoms. The molecule has 1 saturated carbocycles. The predicted octanol–water partition coefficient (Wildman–Crippen LogP) is 5.55. The quantitative estimate of drug-likeness (QED) is 0.434. The highest BCUT2D eigenvalue weighted by Gasteiger charge is 2.40. The van der Waals surface area contributed by atoms with Gasteiger partial charge in [-0.3, -0.25) is 4.57 Å². The Morgan fingerprint density at radius 3 is 2.59 bits per heavy atom. The van der Waals surface area contributed by atoms with Crippen molar-refractivity contribution in [2.45, 2.75) is 37.6 Å². The fourth-order valence-corrected chi connectivity index (χ4v) is 5.34. The number of urea groups is 1. The number of amides is 2. The molecule has 3 aromatic carbocycles. The Balaban J connectivity index is 1.03. The molecule has 4 aromatic rings. The number of nitrogens with zero attached hydrogens (tertiary/aromatic N) is 3. The van der Waals surface area contributed by atoms with Crippen molar-refractivity contribution in [1.29, 1.82) is 0 Å². The standard InChI is InChI=1S/C29H30N4O/c34-29(31-27-19-25(27)23-8-2-1-3-9-23)32-15-13-21(14-16-32)17-22-7-6-10-24(18-22)33-20-30-26-11-4-5-12-28(26)33/h1-12,18,20-21,25,27H,13-17,19H2,(H,31,34). The fourth-order valence-electron chi connectivity index (χ4n) is 5.34. The maximum atomic E-state index is 12.8. The Bertz CT molecular complexity index is 1290. The van der Waals surface area contributed by atoms with Gasteiger partial charge in [-0.05, 0) is 67.0 Å². The number of imidazole rings is 1. The maximum Gasteiger partial charge on any atom is 0.317 e. The molecule has 0 radical (unpaired) electrons. The number of piperidine rings is 1. The number of likely N-dealkylation sites (tertiary alicyclic amines) is 1. The predicted molar refractivity (Wildman–Crippen MR) is 135 cm³/mol. The summed E-state index contributed by atoms with van der Waals surface area (Å²) in [7, 11) is 0. The van der Waals surface area contributed by atoms with Crippen molar-refractivity contribution < 1.29 is 4.79 Å². The molecular weight excluding hydrogens is 420 g/mol. The number of carbonyl (C=O) groups excluding carboxylic acids is 1. The second-order valence-corrected chi connectivity index (χ2v) is 9.72. The van der Waals surface area contributed by atoms with Crippen LogP contribution in [0, 0.1) is 5.92 Å². The van der Waals surface area contributed by atoms with Gasteiger partial charge in [-0.2, -0.15) is 0 Å². The van der Waals surface area contributed by atoms with Gasteiger partial charge in [-0.1, -0.05) is 54.6 Å². The van der Waals surface area contributed by atoms with E-state index in [0.29, 0.717) is 11.8 Å². The largest absolute Gasteiger partial charge is 0.335 e. The topological polar surface area (TPSA) is 50.2 Å². The highest BCUT2D eigenvalue weighted by molar-refractivity contribution is 5.77. The number of benzene rings is 3. The highest BCUT2D eigenvalue weighted by Crippen LogP contribution is 2.40. The first kappa shape index (κ1) is 21.0. The monoisotopic (exact) mass is 450 g/mol. The average molecular weight is 451 g/mol. The minimum absolute atomic E-state index is 0.107.